The molecule has 0 atom stereocenters. The van der Waals surface area contributed by atoms with Gasteiger partial charge < -0.3 is 18.6 Å². The number of para-hydroxylation sites is 2. The molecule has 2 heterocycles. The smallest absolute Gasteiger partial charge is 0.178 e. The maximum Gasteiger partial charge on any atom is 0.178 e. The van der Waals surface area contributed by atoms with Crippen molar-refractivity contribution in [1.29, 1.82) is 0 Å². The van der Waals surface area contributed by atoms with Crippen molar-refractivity contribution >= 4 is 99.5 Å². The summed E-state index contributed by atoms with van der Waals surface area (Å²) in [6.45, 7) is 22.3. The highest BCUT2D eigenvalue weighted by molar-refractivity contribution is 6.21. The predicted molar refractivity (Wildman–Crippen MR) is 282 cm³/mol. The molecular formula is C62H56N2O2. The lowest BCUT2D eigenvalue weighted by Crippen LogP contribution is -2.14. The number of hydrogen-bond acceptors (Lipinski definition) is 4. The molecule has 4 nitrogen and oxygen atoms in total. The highest BCUT2D eigenvalue weighted by atomic mass is 16.4. The van der Waals surface area contributed by atoms with E-state index in [4.69, 9.17) is 8.83 Å². The SMILES string of the molecule is Cc1ccc(C(C)C)cc1N(c1ccc2cc3c(cc2c1)oc1c3ccc2c3cc4ccc(N(c5cc(C(C)C)ccc5C)c5c(C)cccc5C)cc4cc3oc21)c1c(C)cccc1C. The molecule has 0 saturated carbocycles. The first-order chi connectivity index (χ1) is 31.8. The quantitative estimate of drug-likeness (QED) is 0.152. The standard InChI is InChI=1S/C62H56N2O2/c1-35(2)43-19-17-37(5)55(31-43)63(59-39(7)13-11-14-40(59)8)49-23-21-45-29-53-51-25-26-52-54-30-46-22-24-50(28-48(46)34-58(54)66-62(52)61(51)65-57(53)33-47(45)27-49)64(60-41(9)15-12-16-42(60)10)56-32-44(36(3)4)20-18-38(56)6/h11-36H,1-10H3. The third-order valence-electron chi connectivity index (χ3n) is 14.1. The Morgan fingerprint density at radius 2 is 0.742 bits per heavy atom. The highest BCUT2D eigenvalue weighted by Gasteiger charge is 2.23. The monoisotopic (exact) mass is 860 g/mol. The van der Waals surface area contributed by atoms with E-state index in [9.17, 15) is 0 Å². The van der Waals surface area contributed by atoms with E-state index in [1.165, 1.54) is 67.3 Å². The number of benzene rings is 9. The first-order valence-corrected chi connectivity index (χ1v) is 23.5. The molecule has 0 amide bonds. The van der Waals surface area contributed by atoms with Gasteiger partial charge in [-0.05, 0) is 192 Å². The molecule has 66 heavy (non-hydrogen) atoms. The number of anilines is 6. The third kappa shape index (κ3) is 6.73. The van der Waals surface area contributed by atoms with Crippen LogP contribution in [0.5, 0.6) is 0 Å². The maximum absolute atomic E-state index is 6.86. The largest absolute Gasteiger partial charge is 0.452 e. The Morgan fingerprint density at radius 3 is 1.12 bits per heavy atom. The zero-order valence-corrected chi connectivity index (χ0v) is 39.7. The lowest BCUT2D eigenvalue weighted by atomic mass is 9.98. The minimum absolute atomic E-state index is 0.416. The van der Waals surface area contributed by atoms with Gasteiger partial charge in [0.15, 0.2) is 11.2 Å². The van der Waals surface area contributed by atoms with Gasteiger partial charge in [0.05, 0.1) is 11.4 Å². The minimum atomic E-state index is 0.416. The van der Waals surface area contributed by atoms with Crippen LogP contribution in [0.4, 0.5) is 34.1 Å². The molecule has 2 aromatic heterocycles. The van der Waals surface area contributed by atoms with Crippen LogP contribution in [-0.4, -0.2) is 0 Å². The first kappa shape index (κ1) is 41.4. The Kier molecular flexibility index (Phi) is 9.85. The minimum Gasteiger partial charge on any atom is -0.452 e. The second-order valence-corrected chi connectivity index (χ2v) is 19.3. The first-order valence-electron chi connectivity index (χ1n) is 23.5. The van der Waals surface area contributed by atoms with E-state index in [1.54, 1.807) is 0 Å². The second-order valence-electron chi connectivity index (χ2n) is 19.3. The van der Waals surface area contributed by atoms with Crippen LogP contribution in [0.15, 0.2) is 154 Å². The number of furan rings is 2. The molecule has 0 saturated heterocycles. The summed E-state index contributed by atoms with van der Waals surface area (Å²) in [7, 11) is 0. The normalized spacial score (nSPS) is 12.1. The molecular weight excluding hydrogens is 805 g/mol. The van der Waals surface area contributed by atoms with Gasteiger partial charge in [-0.3, -0.25) is 0 Å². The Morgan fingerprint density at radius 1 is 0.348 bits per heavy atom. The molecule has 0 aliphatic carbocycles. The summed E-state index contributed by atoms with van der Waals surface area (Å²) in [6, 6.07) is 54.0. The van der Waals surface area contributed by atoms with Gasteiger partial charge in [-0.1, -0.05) is 100 Å². The van der Waals surface area contributed by atoms with Crippen molar-refractivity contribution in [2.75, 3.05) is 9.80 Å². The van der Waals surface area contributed by atoms with E-state index in [0.29, 0.717) is 11.8 Å². The topological polar surface area (TPSA) is 32.8 Å². The van der Waals surface area contributed by atoms with Gasteiger partial charge in [-0.2, -0.15) is 0 Å². The van der Waals surface area contributed by atoms with E-state index >= 15 is 0 Å². The Hall–Kier alpha value is -7.30. The summed E-state index contributed by atoms with van der Waals surface area (Å²) < 4.78 is 13.7. The molecule has 0 spiro atoms. The maximum atomic E-state index is 6.86. The van der Waals surface area contributed by atoms with Crippen LogP contribution < -0.4 is 9.80 Å². The number of nitrogens with zero attached hydrogens (tertiary/aromatic N) is 2. The third-order valence-corrected chi connectivity index (χ3v) is 14.1. The molecule has 0 aliphatic rings. The number of hydrogen-bond donors (Lipinski definition) is 0. The Balaban J connectivity index is 1.04. The number of aryl methyl sites for hydroxylation is 6. The number of rotatable bonds is 8. The molecule has 0 aliphatic heterocycles. The summed E-state index contributed by atoms with van der Waals surface area (Å²) in [6.07, 6.45) is 0. The van der Waals surface area contributed by atoms with Crippen LogP contribution in [0.1, 0.15) is 84.0 Å². The zero-order valence-electron chi connectivity index (χ0n) is 39.7. The van der Waals surface area contributed by atoms with Crippen LogP contribution in [0.2, 0.25) is 0 Å². The van der Waals surface area contributed by atoms with Crippen molar-refractivity contribution in [3.8, 4) is 0 Å². The molecule has 11 rings (SSSR count). The molecule has 0 N–H and O–H groups in total. The second kappa shape index (κ2) is 15.7. The van der Waals surface area contributed by atoms with E-state index < -0.39 is 0 Å². The van der Waals surface area contributed by atoms with Gasteiger partial charge >= 0.3 is 0 Å². The van der Waals surface area contributed by atoms with Crippen LogP contribution in [0.25, 0.3) is 65.4 Å². The average Bonchev–Trinajstić information content (AvgIpc) is 3.85. The van der Waals surface area contributed by atoms with Crippen LogP contribution in [0.3, 0.4) is 0 Å². The van der Waals surface area contributed by atoms with Gasteiger partial charge in [-0.25, -0.2) is 0 Å². The Labute approximate surface area is 387 Å². The van der Waals surface area contributed by atoms with Crippen molar-refractivity contribution in [1.82, 2.24) is 0 Å². The van der Waals surface area contributed by atoms with Crippen molar-refractivity contribution in [2.45, 2.75) is 81.1 Å². The van der Waals surface area contributed by atoms with Crippen molar-refractivity contribution in [2.24, 2.45) is 0 Å². The fraction of sp³-hybridized carbons (Fsp3) is 0.194. The van der Waals surface area contributed by atoms with Crippen molar-refractivity contribution in [3.05, 3.63) is 190 Å². The molecule has 0 radical (unpaired) electrons. The number of fused-ring (bicyclic) bond motifs is 9. The molecule has 0 fully saturated rings. The molecule has 0 unspecified atom stereocenters. The molecule has 11 aromatic rings. The summed E-state index contributed by atoms with van der Waals surface area (Å²) in [4.78, 5) is 4.90. The molecule has 326 valence electrons. The van der Waals surface area contributed by atoms with Crippen molar-refractivity contribution in [3.63, 3.8) is 0 Å². The van der Waals surface area contributed by atoms with Gasteiger partial charge in [0.2, 0.25) is 0 Å². The highest BCUT2D eigenvalue weighted by Crippen LogP contribution is 2.46. The van der Waals surface area contributed by atoms with Gasteiger partial charge in [0.1, 0.15) is 11.2 Å². The van der Waals surface area contributed by atoms with Crippen LogP contribution >= 0.6 is 0 Å². The fourth-order valence-electron chi connectivity index (χ4n) is 10.4. The van der Waals surface area contributed by atoms with Crippen LogP contribution in [-0.2, 0) is 0 Å². The summed E-state index contributed by atoms with van der Waals surface area (Å²) in [5.74, 6) is 0.833. The summed E-state index contributed by atoms with van der Waals surface area (Å²) in [5.41, 5.74) is 20.4. The van der Waals surface area contributed by atoms with Crippen molar-refractivity contribution < 1.29 is 8.83 Å². The van der Waals surface area contributed by atoms with Gasteiger partial charge in [-0.15, -0.1) is 0 Å². The average molecular weight is 861 g/mol. The fourth-order valence-corrected chi connectivity index (χ4v) is 10.4. The molecule has 9 aromatic carbocycles. The van der Waals surface area contributed by atoms with Crippen LogP contribution in [0, 0.1) is 41.5 Å². The summed E-state index contributed by atoms with van der Waals surface area (Å²) >= 11 is 0. The predicted octanol–water partition coefficient (Wildman–Crippen LogP) is 18.8. The molecule has 0 bridgehead atoms. The van der Waals surface area contributed by atoms with Gasteiger partial charge in [0.25, 0.3) is 0 Å². The molecule has 4 heteroatoms. The summed E-state index contributed by atoms with van der Waals surface area (Å²) in [5, 5.41) is 8.84. The lowest BCUT2D eigenvalue weighted by molar-refractivity contribution is 0.634. The van der Waals surface area contributed by atoms with E-state index in [1.807, 2.05) is 0 Å². The van der Waals surface area contributed by atoms with E-state index in [0.717, 1.165) is 76.8 Å². The Bertz CT molecular complexity index is 3460. The zero-order chi connectivity index (χ0) is 45.7. The van der Waals surface area contributed by atoms with E-state index in [-0.39, 0.29) is 0 Å². The van der Waals surface area contributed by atoms with Gasteiger partial charge in [0, 0.05) is 44.3 Å². The van der Waals surface area contributed by atoms with E-state index in [2.05, 4.69) is 225 Å². The lowest BCUT2D eigenvalue weighted by Gasteiger charge is -2.31.